The summed E-state index contributed by atoms with van der Waals surface area (Å²) in [5.74, 6) is 0. The number of hydrogen-bond acceptors (Lipinski definition) is 2. The van der Waals surface area contributed by atoms with Crippen molar-refractivity contribution in [3.8, 4) is 0 Å². The van der Waals surface area contributed by atoms with Gasteiger partial charge in [0.05, 0.1) is 0 Å². The van der Waals surface area contributed by atoms with Crippen molar-refractivity contribution < 1.29 is 8.78 Å². The molecule has 1 saturated heterocycles. The molecule has 0 spiro atoms. The van der Waals surface area contributed by atoms with Crippen LogP contribution in [0.5, 0.6) is 0 Å². The van der Waals surface area contributed by atoms with Crippen LogP contribution < -0.4 is 0 Å². The molecule has 1 heterocycles. The maximum Gasteiger partial charge on any atom is 0.102 e. The summed E-state index contributed by atoms with van der Waals surface area (Å²) >= 11 is 0. The molecule has 4 heteroatoms. The quantitative estimate of drug-likeness (QED) is 0.735. The first-order valence-electron chi connectivity index (χ1n) is 7.47. The molecule has 2 rings (SSSR count). The number of rotatable bonds is 6. The molecule has 1 saturated carbocycles. The maximum absolute atomic E-state index is 12.5. The fourth-order valence-electron chi connectivity index (χ4n) is 4.25. The van der Waals surface area contributed by atoms with Gasteiger partial charge >= 0.3 is 0 Å². The lowest BCUT2D eigenvalue weighted by Gasteiger charge is -2.37. The molecular formula is C15H28F2N2. The Morgan fingerprint density at radius 3 is 2.16 bits per heavy atom. The Morgan fingerprint density at radius 2 is 1.74 bits per heavy atom. The minimum Gasteiger partial charge on any atom is -0.298 e. The van der Waals surface area contributed by atoms with E-state index in [1.165, 1.54) is 12.8 Å². The van der Waals surface area contributed by atoms with Crippen molar-refractivity contribution in [2.45, 2.75) is 58.2 Å². The van der Waals surface area contributed by atoms with Gasteiger partial charge in [-0.2, -0.15) is 0 Å². The Hall–Kier alpha value is -0.220. The zero-order chi connectivity index (χ0) is 14.3. The minimum absolute atomic E-state index is 0.188. The highest BCUT2D eigenvalue weighted by Crippen LogP contribution is 2.61. The molecule has 19 heavy (non-hydrogen) atoms. The van der Waals surface area contributed by atoms with Gasteiger partial charge in [-0.15, -0.1) is 0 Å². The van der Waals surface area contributed by atoms with Crippen LogP contribution in [-0.2, 0) is 0 Å². The summed E-state index contributed by atoms with van der Waals surface area (Å²) in [7, 11) is 0. The molecule has 0 unspecified atom stereocenters. The van der Waals surface area contributed by atoms with Crippen molar-refractivity contribution in [3.63, 3.8) is 0 Å². The zero-order valence-corrected chi connectivity index (χ0v) is 12.8. The third kappa shape index (κ3) is 2.94. The Balaban J connectivity index is 2.00. The largest absolute Gasteiger partial charge is 0.298 e. The van der Waals surface area contributed by atoms with Crippen molar-refractivity contribution in [2.75, 3.05) is 33.0 Å². The van der Waals surface area contributed by atoms with Crippen molar-refractivity contribution >= 4 is 0 Å². The van der Waals surface area contributed by atoms with E-state index in [2.05, 4.69) is 32.6 Å². The van der Waals surface area contributed by atoms with Gasteiger partial charge < -0.3 is 0 Å². The molecule has 0 N–H and O–H groups in total. The van der Waals surface area contributed by atoms with Gasteiger partial charge in [-0.3, -0.25) is 9.80 Å². The van der Waals surface area contributed by atoms with E-state index in [1.807, 2.05) is 4.90 Å². The summed E-state index contributed by atoms with van der Waals surface area (Å²) in [6.07, 6.45) is 2.37. The predicted octanol–water partition coefficient (Wildman–Crippen LogP) is 2.88. The van der Waals surface area contributed by atoms with Gasteiger partial charge in [0.2, 0.25) is 0 Å². The van der Waals surface area contributed by atoms with Gasteiger partial charge in [0.15, 0.2) is 0 Å². The molecule has 0 amide bonds. The lowest BCUT2D eigenvalue weighted by Crippen LogP contribution is -2.45. The molecule has 0 radical (unpaired) electrons. The SMILES string of the molecule is C[C@@H]1C[C@@]2(CN(CCF)CCF)C[C@H]2N1C(C)(C)C. The zero-order valence-electron chi connectivity index (χ0n) is 12.8. The molecule has 0 aromatic heterocycles. The van der Waals surface area contributed by atoms with Crippen LogP contribution >= 0.6 is 0 Å². The Morgan fingerprint density at radius 1 is 1.16 bits per heavy atom. The first-order valence-corrected chi connectivity index (χ1v) is 7.47. The number of piperidine rings is 1. The first-order chi connectivity index (χ1) is 8.84. The van der Waals surface area contributed by atoms with Gasteiger partial charge in [0.25, 0.3) is 0 Å². The number of alkyl halides is 2. The van der Waals surface area contributed by atoms with Gasteiger partial charge in [0, 0.05) is 42.7 Å². The van der Waals surface area contributed by atoms with Crippen LogP contribution in [0.25, 0.3) is 0 Å². The van der Waals surface area contributed by atoms with Crippen LogP contribution in [0.4, 0.5) is 8.78 Å². The lowest BCUT2D eigenvalue weighted by molar-refractivity contribution is 0.104. The normalized spacial score (nSPS) is 34.9. The van der Waals surface area contributed by atoms with Gasteiger partial charge in [-0.05, 0) is 40.5 Å². The molecule has 2 nitrogen and oxygen atoms in total. The van der Waals surface area contributed by atoms with Gasteiger partial charge in [0.1, 0.15) is 13.3 Å². The van der Waals surface area contributed by atoms with E-state index in [0.717, 1.165) is 6.54 Å². The molecule has 0 bridgehead atoms. The molecule has 2 fully saturated rings. The monoisotopic (exact) mass is 274 g/mol. The number of fused-ring (bicyclic) bond motifs is 1. The minimum atomic E-state index is -0.376. The summed E-state index contributed by atoms with van der Waals surface area (Å²) in [5.41, 5.74) is 0.490. The van der Waals surface area contributed by atoms with E-state index in [1.54, 1.807) is 0 Å². The molecule has 1 aliphatic heterocycles. The van der Waals surface area contributed by atoms with E-state index < -0.39 is 0 Å². The molecule has 0 aromatic rings. The molecular weight excluding hydrogens is 246 g/mol. The summed E-state index contributed by atoms with van der Waals surface area (Å²) in [6.45, 7) is 9.94. The maximum atomic E-state index is 12.5. The Bertz CT molecular complexity index is 310. The Kier molecular flexibility index (Phi) is 4.22. The number of nitrogens with zero attached hydrogens (tertiary/aromatic N) is 2. The predicted molar refractivity (Wildman–Crippen MR) is 74.9 cm³/mol. The Labute approximate surface area is 116 Å². The van der Waals surface area contributed by atoms with Crippen LogP contribution in [-0.4, -0.2) is 60.4 Å². The highest BCUT2D eigenvalue weighted by molar-refractivity contribution is 5.19. The van der Waals surface area contributed by atoms with Crippen molar-refractivity contribution in [1.29, 1.82) is 0 Å². The molecule has 0 aromatic carbocycles. The number of hydrogen-bond donors (Lipinski definition) is 0. The second kappa shape index (κ2) is 5.28. The van der Waals surface area contributed by atoms with Crippen molar-refractivity contribution in [1.82, 2.24) is 9.80 Å². The fraction of sp³-hybridized carbons (Fsp3) is 1.00. The highest BCUT2D eigenvalue weighted by atomic mass is 19.1. The van der Waals surface area contributed by atoms with Crippen molar-refractivity contribution in [2.24, 2.45) is 5.41 Å². The van der Waals surface area contributed by atoms with Gasteiger partial charge in [-0.25, -0.2) is 8.78 Å². The van der Waals surface area contributed by atoms with E-state index in [4.69, 9.17) is 0 Å². The second-order valence-corrected chi connectivity index (χ2v) is 7.37. The van der Waals surface area contributed by atoms with E-state index in [0.29, 0.717) is 30.6 Å². The van der Waals surface area contributed by atoms with Crippen LogP contribution in [0.1, 0.15) is 40.5 Å². The van der Waals surface area contributed by atoms with Crippen molar-refractivity contribution in [3.05, 3.63) is 0 Å². The summed E-state index contributed by atoms with van der Waals surface area (Å²) in [4.78, 5) is 4.58. The van der Waals surface area contributed by atoms with Crippen LogP contribution in [0.15, 0.2) is 0 Å². The van der Waals surface area contributed by atoms with Crippen LogP contribution in [0, 0.1) is 5.41 Å². The number of likely N-dealkylation sites (tertiary alicyclic amines) is 1. The van der Waals surface area contributed by atoms with E-state index in [-0.39, 0.29) is 18.9 Å². The molecule has 1 aliphatic carbocycles. The molecule has 2 aliphatic rings. The smallest absolute Gasteiger partial charge is 0.102 e. The number of halogens is 2. The molecule has 112 valence electrons. The van der Waals surface area contributed by atoms with Crippen LogP contribution in [0.2, 0.25) is 0 Å². The van der Waals surface area contributed by atoms with E-state index >= 15 is 0 Å². The highest BCUT2D eigenvalue weighted by Gasteiger charge is 2.65. The third-order valence-corrected chi connectivity index (χ3v) is 4.77. The second-order valence-electron chi connectivity index (χ2n) is 7.37. The first kappa shape index (κ1) is 15.2. The average Bonchev–Trinajstić information content (AvgIpc) is 2.82. The fourth-order valence-corrected chi connectivity index (χ4v) is 4.25. The molecule has 3 atom stereocenters. The summed E-state index contributed by atoms with van der Waals surface area (Å²) in [6, 6.07) is 1.19. The summed E-state index contributed by atoms with van der Waals surface area (Å²) < 4.78 is 25.1. The standard InChI is InChI=1S/C15H28F2N2/c1-12-9-15(11-18(7-5-16)8-6-17)10-13(15)19(12)14(2,3)4/h12-13H,5-11H2,1-4H3/t12-,13-,15+/m1/s1. The van der Waals surface area contributed by atoms with E-state index in [9.17, 15) is 8.78 Å². The van der Waals surface area contributed by atoms with Crippen LogP contribution in [0.3, 0.4) is 0 Å². The lowest BCUT2D eigenvalue weighted by atomic mass is 9.99. The summed E-state index contributed by atoms with van der Waals surface area (Å²) in [5, 5.41) is 0. The van der Waals surface area contributed by atoms with Gasteiger partial charge in [-0.1, -0.05) is 0 Å². The average molecular weight is 274 g/mol. The topological polar surface area (TPSA) is 6.48 Å². The third-order valence-electron chi connectivity index (χ3n) is 4.77.